The molecule has 2 aliphatic heterocycles. The first-order chi connectivity index (χ1) is 12.0. The van der Waals surface area contributed by atoms with Crippen LogP contribution >= 0.6 is 12.4 Å². The van der Waals surface area contributed by atoms with E-state index in [9.17, 15) is 14.0 Å². The fourth-order valence-corrected chi connectivity index (χ4v) is 3.38. The van der Waals surface area contributed by atoms with Gasteiger partial charge in [-0.25, -0.2) is 4.39 Å². The van der Waals surface area contributed by atoms with Gasteiger partial charge in [-0.3, -0.25) is 9.59 Å². The summed E-state index contributed by atoms with van der Waals surface area (Å²) in [5.74, 6) is -0.628. The number of ether oxygens (including phenoxy) is 1. The summed E-state index contributed by atoms with van der Waals surface area (Å²) in [6.07, 6.45) is 1.07. The maximum absolute atomic E-state index is 13.2. The lowest BCUT2D eigenvalue weighted by Crippen LogP contribution is -2.57. The Bertz CT molecular complexity index is 638. The fourth-order valence-electron chi connectivity index (χ4n) is 3.38. The second-order valence-electron chi connectivity index (χ2n) is 6.61. The van der Waals surface area contributed by atoms with Crippen LogP contribution in [0.25, 0.3) is 0 Å². The van der Waals surface area contributed by atoms with E-state index in [1.807, 2.05) is 6.92 Å². The number of morpholine rings is 1. The van der Waals surface area contributed by atoms with Gasteiger partial charge in [0.05, 0.1) is 12.7 Å². The van der Waals surface area contributed by atoms with Gasteiger partial charge in [-0.1, -0.05) is 6.07 Å². The number of halogens is 2. The van der Waals surface area contributed by atoms with E-state index in [4.69, 9.17) is 4.74 Å². The topological polar surface area (TPSA) is 70.7 Å². The van der Waals surface area contributed by atoms with Gasteiger partial charge >= 0.3 is 0 Å². The van der Waals surface area contributed by atoms with Crippen LogP contribution < -0.4 is 10.6 Å². The van der Waals surface area contributed by atoms with Gasteiger partial charge in [-0.15, -0.1) is 12.4 Å². The van der Waals surface area contributed by atoms with Gasteiger partial charge in [-0.2, -0.15) is 0 Å². The lowest BCUT2D eigenvalue weighted by atomic mass is 9.95. The minimum Gasteiger partial charge on any atom is -0.375 e. The van der Waals surface area contributed by atoms with Crippen molar-refractivity contribution in [2.75, 3.05) is 31.6 Å². The molecule has 0 saturated carbocycles. The largest absolute Gasteiger partial charge is 0.375 e. The summed E-state index contributed by atoms with van der Waals surface area (Å²) in [6.45, 7) is 4.28. The molecule has 8 heteroatoms. The van der Waals surface area contributed by atoms with Crippen molar-refractivity contribution in [2.24, 2.45) is 5.92 Å². The standard InChI is InChI=1S/C18H24FN3O3.ClH/c1-12-16(20-7-10-25-12)18(24)22-8-5-13(6-9-22)17(23)21-15-4-2-3-14(19)11-15;/h2-4,11-13,16,20H,5-10H2,1H3,(H,21,23);1H/t12-,16+;/m1./s1. The van der Waals surface area contributed by atoms with E-state index in [1.54, 1.807) is 17.0 Å². The monoisotopic (exact) mass is 385 g/mol. The molecule has 2 N–H and O–H groups in total. The number of nitrogens with one attached hydrogen (secondary N) is 2. The summed E-state index contributed by atoms with van der Waals surface area (Å²) >= 11 is 0. The number of carbonyl (C=O) groups excluding carboxylic acids is 2. The summed E-state index contributed by atoms with van der Waals surface area (Å²) in [7, 11) is 0. The third-order valence-corrected chi connectivity index (χ3v) is 4.85. The molecular weight excluding hydrogens is 361 g/mol. The van der Waals surface area contributed by atoms with Crippen molar-refractivity contribution >= 4 is 29.9 Å². The number of anilines is 1. The number of piperidine rings is 1. The first kappa shape index (κ1) is 20.6. The molecule has 6 nitrogen and oxygen atoms in total. The molecule has 1 aromatic carbocycles. The SMILES string of the molecule is C[C@H]1OCCN[C@@H]1C(=O)N1CCC(C(=O)Nc2cccc(F)c2)CC1.Cl. The Labute approximate surface area is 158 Å². The molecule has 2 saturated heterocycles. The molecule has 3 rings (SSSR count). The molecular formula is C18H25ClFN3O3. The van der Waals surface area contributed by atoms with Crippen LogP contribution in [0.3, 0.4) is 0 Å². The van der Waals surface area contributed by atoms with Crippen molar-refractivity contribution in [1.82, 2.24) is 10.2 Å². The van der Waals surface area contributed by atoms with Crippen molar-refractivity contribution in [3.63, 3.8) is 0 Å². The van der Waals surface area contributed by atoms with Crippen molar-refractivity contribution in [1.29, 1.82) is 0 Å². The normalized spacial score (nSPS) is 23.8. The van der Waals surface area contributed by atoms with Crippen LogP contribution in [0.15, 0.2) is 24.3 Å². The number of amides is 2. The summed E-state index contributed by atoms with van der Waals surface area (Å²) in [5.41, 5.74) is 0.459. The molecule has 2 fully saturated rings. The van der Waals surface area contributed by atoms with E-state index < -0.39 is 0 Å². The Morgan fingerprint density at radius 1 is 1.31 bits per heavy atom. The highest BCUT2D eigenvalue weighted by Gasteiger charge is 2.34. The number of hydrogen-bond donors (Lipinski definition) is 2. The Morgan fingerprint density at radius 2 is 2.04 bits per heavy atom. The summed E-state index contributed by atoms with van der Waals surface area (Å²) in [5, 5.41) is 5.96. The van der Waals surface area contributed by atoms with Crippen LogP contribution in [-0.2, 0) is 14.3 Å². The Hall–Kier alpha value is -1.70. The Balaban J connectivity index is 0.00000243. The first-order valence-electron chi connectivity index (χ1n) is 8.75. The lowest BCUT2D eigenvalue weighted by molar-refractivity contribution is -0.142. The van der Waals surface area contributed by atoms with Gasteiger partial charge in [0.25, 0.3) is 0 Å². The molecule has 2 heterocycles. The van der Waals surface area contributed by atoms with Crippen LogP contribution in [0.2, 0.25) is 0 Å². The molecule has 2 atom stereocenters. The minimum absolute atomic E-state index is 0. The highest BCUT2D eigenvalue weighted by molar-refractivity contribution is 5.92. The van der Waals surface area contributed by atoms with Gasteiger partial charge in [0, 0.05) is 31.2 Å². The highest BCUT2D eigenvalue weighted by atomic mass is 35.5. The molecule has 2 aliphatic rings. The smallest absolute Gasteiger partial charge is 0.242 e. The van der Waals surface area contributed by atoms with E-state index in [0.29, 0.717) is 44.8 Å². The molecule has 2 amide bonds. The minimum atomic E-state index is -0.380. The first-order valence-corrected chi connectivity index (χ1v) is 8.75. The van der Waals surface area contributed by atoms with Crippen LogP contribution in [0.5, 0.6) is 0 Å². The maximum atomic E-state index is 13.2. The fraction of sp³-hybridized carbons (Fsp3) is 0.556. The molecule has 0 radical (unpaired) electrons. The van der Waals surface area contributed by atoms with Crippen molar-refractivity contribution in [2.45, 2.75) is 31.9 Å². The van der Waals surface area contributed by atoms with Crippen LogP contribution in [-0.4, -0.2) is 55.1 Å². The van der Waals surface area contributed by atoms with E-state index in [2.05, 4.69) is 10.6 Å². The number of hydrogen-bond acceptors (Lipinski definition) is 4. The zero-order valence-electron chi connectivity index (χ0n) is 14.7. The maximum Gasteiger partial charge on any atom is 0.242 e. The quantitative estimate of drug-likeness (QED) is 0.832. The third-order valence-electron chi connectivity index (χ3n) is 4.85. The number of likely N-dealkylation sites (tertiary alicyclic amines) is 1. The summed E-state index contributed by atoms with van der Waals surface area (Å²) < 4.78 is 18.7. The van der Waals surface area contributed by atoms with Crippen LogP contribution in [0, 0.1) is 11.7 Å². The summed E-state index contributed by atoms with van der Waals surface area (Å²) in [6, 6.07) is 5.55. The number of nitrogens with zero attached hydrogens (tertiary/aromatic N) is 1. The Morgan fingerprint density at radius 3 is 2.69 bits per heavy atom. The molecule has 0 spiro atoms. The lowest BCUT2D eigenvalue weighted by Gasteiger charge is -2.37. The predicted octanol–water partition coefficient (Wildman–Crippen LogP) is 1.80. The third kappa shape index (κ3) is 4.93. The van der Waals surface area contributed by atoms with Gasteiger partial charge in [-0.05, 0) is 38.0 Å². The highest BCUT2D eigenvalue weighted by Crippen LogP contribution is 2.21. The molecule has 0 unspecified atom stereocenters. The Kier molecular flexibility index (Phi) is 7.37. The van der Waals surface area contributed by atoms with Gasteiger partial charge in [0.1, 0.15) is 11.9 Å². The van der Waals surface area contributed by atoms with Crippen molar-refractivity contribution in [3.05, 3.63) is 30.1 Å². The van der Waals surface area contributed by atoms with Crippen LogP contribution in [0.1, 0.15) is 19.8 Å². The number of benzene rings is 1. The average Bonchev–Trinajstić information content (AvgIpc) is 2.62. The van der Waals surface area contributed by atoms with E-state index in [0.717, 1.165) is 0 Å². The zero-order valence-corrected chi connectivity index (χ0v) is 15.6. The molecule has 0 aromatic heterocycles. The van der Waals surface area contributed by atoms with Crippen LogP contribution in [0.4, 0.5) is 10.1 Å². The van der Waals surface area contributed by atoms with Crippen molar-refractivity contribution in [3.8, 4) is 0 Å². The predicted molar refractivity (Wildman–Crippen MR) is 98.8 cm³/mol. The second kappa shape index (κ2) is 9.30. The van der Waals surface area contributed by atoms with Crippen molar-refractivity contribution < 1.29 is 18.7 Å². The molecule has 1 aromatic rings. The van der Waals surface area contributed by atoms with Gasteiger partial charge < -0.3 is 20.3 Å². The van der Waals surface area contributed by atoms with Gasteiger partial charge in [0.2, 0.25) is 11.8 Å². The molecule has 26 heavy (non-hydrogen) atoms. The molecule has 0 bridgehead atoms. The average molecular weight is 386 g/mol. The second-order valence-corrected chi connectivity index (χ2v) is 6.61. The van der Waals surface area contributed by atoms with E-state index in [-0.39, 0.29) is 48.1 Å². The van der Waals surface area contributed by atoms with E-state index >= 15 is 0 Å². The molecule has 0 aliphatic carbocycles. The summed E-state index contributed by atoms with van der Waals surface area (Å²) in [4.78, 5) is 26.7. The number of carbonyl (C=O) groups is 2. The molecule has 144 valence electrons. The van der Waals surface area contributed by atoms with Gasteiger partial charge in [0.15, 0.2) is 0 Å². The number of rotatable bonds is 3. The van der Waals surface area contributed by atoms with E-state index in [1.165, 1.54) is 12.1 Å². The zero-order chi connectivity index (χ0) is 17.8.